The summed E-state index contributed by atoms with van der Waals surface area (Å²) < 4.78 is 0. The van der Waals surface area contributed by atoms with Crippen LogP contribution < -0.4 is 0 Å². The van der Waals surface area contributed by atoms with Crippen LogP contribution in [0.25, 0.3) is 0 Å². The van der Waals surface area contributed by atoms with E-state index in [4.69, 9.17) is 0 Å². The summed E-state index contributed by atoms with van der Waals surface area (Å²) in [5.41, 5.74) is 4.42. The summed E-state index contributed by atoms with van der Waals surface area (Å²) in [6, 6.07) is 4.63. The molecule has 0 radical (unpaired) electrons. The molecule has 0 bridgehead atoms. The summed E-state index contributed by atoms with van der Waals surface area (Å²) in [5.74, 6) is 0.681. The number of hydrogen-bond donors (Lipinski definition) is 0. The fourth-order valence-corrected chi connectivity index (χ4v) is 2.24. The van der Waals surface area contributed by atoms with Crippen molar-refractivity contribution in [3.05, 3.63) is 28.8 Å². The highest BCUT2D eigenvalue weighted by Crippen LogP contribution is 2.29. The average Bonchev–Trinajstić information content (AvgIpc) is 2.20. The van der Waals surface area contributed by atoms with E-state index in [-0.39, 0.29) is 0 Å². The Hall–Kier alpha value is -0.430. The Labute approximate surface area is 92.1 Å². The molecular weight excluding hydrogens is 188 g/mol. The highest BCUT2D eigenvalue weighted by Gasteiger charge is 2.09. The van der Waals surface area contributed by atoms with Crippen LogP contribution in [0.3, 0.4) is 0 Å². The predicted octanol–water partition coefficient (Wildman–Crippen LogP) is 4.54. The van der Waals surface area contributed by atoms with Gasteiger partial charge in [0.1, 0.15) is 0 Å². The fourth-order valence-electron chi connectivity index (χ4n) is 1.70. The minimum Gasteiger partial charge on any atom is -0.130 e. The van der Waals surface area contributed by atoms with E-state index in [9.17, 15) is 0 Å². The molecule has 1 aromatic rings. The molecule has 1 rings (SSSR count). The Kier molecular flexibility index (Phi) is 4.06. The third-order valence-corrected chi connectivity index (χ3v) is 3.77. The van der Waals surface area contributed by atoms with Crippen molar-refractivity contribution in [3.8, 4) is 0 Å². The summed E-state index contributed by atoms with van der Waals surface area (Å²) >= 11 is 1.83. The number of aryl methyl sites for hydroxylation is 1. The molecule has 0 saturated carbocycles. The Balaban J connectivity index is 3.20. The van der Waals surface area contributed by atoms with Crippen molar-refractivity contribution in [2.45, 2.75) is 44.9 Å². The zero-order chi connectivity index (χ0) is 10.7. The molecule has 0 N–H and O–H groups in total. The van der Waals surface area contributed by atoms with E-state index in [1.54, 1.807) is 0 Å². The van der Waals surface area contributed by atoms with Crippen LogP contribution in [0.15, 0.2) is 17.0 Å². The van der Waals surface area contributed by atoms with Gasteiger partial charge in [0.15, 0.2) is 0 Å². The summed E-state index contributed by atoms with van der Waals surface area (Å²) in [4.78, 5) is 1.39. The highest BCUT2D eigenvalue weighted by molar-refractivity contribution is 7.98. The predicted molar refractivity (Wildman–Crippen MR) is 66.4 cm³/mol. The fraction of sp³-hybridized carbons (Fsp3) is 0.538. The average molecular weight is 208 g/mol. The molecule has 0 saturated heterocycles. The van der Waals surface area contributed by atoms with Gasteiger partial charge in [-0.05, 0) is 61.3 Å². The van der Waals surface area contributed by atoms with Crippen LogP contribution in [0.2, 0.25) is 0 Å². The summed E-state index contributed by atoms with van der Waals surface area (Å²) in [7, 11) is 0. The van der Waals surface area contributed by atoms with Gasteiger partial charge >= 0.3 is 0 Å². The van der Waals surface area contributed by atoms with Gasteiger partial charge in [-0.25, -0.2) is 0 Å². The summed E-state index contributed by atoms with van der Waals surface area (Å²) in [6.45, 7) is 9.01. The van der Waals surface area contributed by atoms with Gasteiger partial charge in [0, 0.05) is 4.90 Å². The molecule has 1 atom stereocenters. The van der Waals surface area contributed by atoms with Crippen LogP contribution in [0.1, 0.15) is 42.9 Å². The standard InChI is InChI=1S/C13H20S/c1-6-9(2)13-8-12(14-5)7-10(3)11(13)4/h7-9H,6H2,1-5H3. The molecule has 0 fully saturated rings. The van der Waals surface area contributed by atoms with Crippen molar-refractivity contribution in [2.75, 3.05) is 6.26 Å². The second-order valence-corrected chi connectivity index (χ2v) is 4.85. The van der Waals surface area contributed by atoms with E-state index in [0.717, 1.165) is 0 Å². The van der Waals surface area contributed by atoms with Crippen molar-refractivity contribution in [1.29, 1.82) is 0 Å². The van der Waals surface area contributed by atoms with E-state index >= 15 is 0 Å². The van der Waals surface area contributed by atoms with Crippen molar-refractivity contribution < 1.29 is 0 Å². The van der Waals surface area contributed by atoms with Gasteiger partial charge in [0.25, 0.3) is 0 Å². The zero-order valence-electron chi connectivity index (χ0n) is 9.85. The molecule has 78 valence electrons. The molecule has 0 aliphatic heterocycles. The second kappa shape index (κ2) is 4.88. The molecule has 0 aliphatic carbocycles. The van der Waals surface area contributed by atoms with E-state index in [1.807, 2.05) is 11.8 Å². The molecule has 0 amide bonds. The first-order valence-electron chi connectivity index (χ1n) is 5.25. The monoisotopic (exact) mass is 208 g/mol. The van der Waals surface area contributed by atoms with Gasteiger partial charge in [0.2, 0.25) is 0 Å². The third kappa shape index (κ3) is 2.33. The van der Waals surface area contributed by atoms with Crippen LogP contribution in [-0.2, 0) is 0 Å². The lowest BCUT2D eigenvalue weighted by Crippen LogP contribution is -1.97. The van der Waals surface area contributed by atoms with Crippen molar-refractivity contribution in [3.63, 3.8) is 0 Å². The van der Waals surface area contributed by atoms with Crippen LogP contribution in [0.5, 0.6) is 0 Å². The topological polar surface area (TPSA) is 0 Å². The summed E-state index contributed by atoms with van der Waals surface area (Å²) in [5, 5.41) is 0. The second-order valence-electron chi connectivity index (χ2n) is 3.97. The van der Waals surface area contributed by atoms with Gasteiger partial charge in [0.05, 0.1) is 0 Å². The van der Waals surface area contributed by atoms with Gasteiger partial charge in [-0.2, -0.15) is 0 Å². The van der Waals surface area contributed by atoms with E-state index in [0.29, 0.717) is 5.92 Å². The lowest BCUT2D eigenvalue weighted by atomic mass is 9.92. The lowest BCUT2D eigenvalue weighted by molar-refractivity contribution is 0.724. The largest absolute Gasteiger partial charge is 0.130 e. The van der Waals surface area contributed by atoms with Gasteiger partial charge in [-0.1, -0.05) is 13.8 Å². The minimum absolute atomic E-state index is 0.681. The molecule has 0 aromatic heterocycles. The molecule has 0 nitrogen and oxygen atoms in total. The number of thioether (sulfide) groups is 1. The molecule has 0 aliphatic rings. The first-order chi connectivity index (χ1) is 6.60. The molecule has 1 unspecified atom stereocenters. The third-order valence-electron chi connectivity index (χ3n) is 3.06. The Morgan fingerprint density at radius 3 is 2.43 bits per heavy atom. The molecule has 0 heterocycles. The number of benzene rings is 1. The number of hydrogen-bond acceptors (Lipinski definition) is 1. The zero-order valence-corrected chi connectivity index (χ0v) is 10.7. The Morgan fingerprint density at radius 2 is 1.93 bits per heavy atom. The molecule has 1 heteroatoms. The van der Waals surface area contributed by atoms with E-state index in [1.165, 1.54) is 28.0 Å². The van der Waals surface area contributed by atoms with Crippen molar-refractivity contribution in [1.82, 2.24) is 0 Å². The Morgan fingerprint density at radius 1 is 1.29 bits per heavy atom. The van der Waals surface area contributed by atoms with Gasteiger partial charge in [-0.15, -0.1) is 11.8 Å². The van der Waals surface area contributed by atoms with Gasteiger partial charge < -0.3 is 0 Å². The van der Waals surface area contributed by atoms with E-state index in [2.05, 4.69) is 46.1 Å². The smallest absolute Gasteiger partial charge is 0.00748 e. The van der Waals surface area contributed by atoms with E-state index < -0.39 is 0 Å². The lowest BCUT2D eigenvalue weighted by Gasteiger charge is -2.16. The molecular formula is C13H20S. The quantitative estimate of drug-likeness (QED) is 0.657. The molecule has 0 spiro atoms. The summed E-state index contributed by atoms with van der Waals surface area (Å²) in [6.07, 6.45) is 3.36. The maximum Gasteiger partial charge on any atom is 0.00748 e. The van der Waals surface area contributed by atoms with Crippen LogP contribution in [0.4, 0.5) is 0 Å². The van der Waals surface area contributed by atoms with Crippen LogP contribution in [0, 0.1) is 13.8 Å². The maximum atomic E-state index is 2.35. The van der Waals surface area contributed by atoms with Gasteiger partial charge in [-0.3, -0.25) is 0 Å². The highest BCUT2D eigenvalue weighted by atomic mass is 32.2. The van der Waals surface area contributed by atoms with Crippen LogP contribution in [-0.4, -0.2) is 6.26 Å². The molecule has 14 heavy (non-hydrogen) atoms. The normalized spacial score (nSPS) is 12.9. The number of rotatable bonds is 3. The first-order valence-corrected chi connectivity index (χ1v) is 6.47. The first kappa shape index (κ1) is 11.6. The SMILES string of the molecule is CCC(C)c1cc(SC)cc(C)c1C. The minimum atomic E-state index is 0.681. The van der Waals surface area contributed by atoms with Crippen LogP contribution >= 0.6 is 11.8 Å². The molecule has 1 aromatic carbocycles. The Bertz CT molecular complexity index is 315. The maximum absolute atomic E-state index is 2.35. The van der Waals surface area contributed by atoms with Crippen molar-refractivity contribution in [2.24, 2.45) is 0 Å². The van der Waals surface area contributed by atoms with Crippen molar-refractivity contribution >= 4 is 11.8 Å².